The summed E-state index contributed by atoms with van der Waals surface area (Å²) in [5.41, 5.74) is 1.21. The van der Waals surface area contributed by atoms with Crippen LogP contribution in [0.15, 0.2) is 34.4 Å². The average molecular weight is 343 g/mol. The van der Waals surface area contributed by atoms with Gasteiger partial charge in [0.15, 0.2) is 16.5 Å². The molecular weight excluding hydrogens is 326 g/mol. The van der Waals surface area contributed by atoms with Gasteiger partial charge in [0.05, 0.1) is 5.69 Å². The van der Waals surface area contributed by atoms with Gasteiger partial charge in [0.2, 0.25) is 0 Å². The van der Waals surface area contributed by atoms with E-state index in [4.69, 9.17) is 4.52 Å². The molecule has 1 amide bonds. The van der Waals surface area contributed by atoms with Crippen molar-refractivity contribution < 1.29 is 9.32 Å². The van der Waals surface area contributed by atoms with Crippen molar-refractivity contribution in [3.8, 4) is 10.8 Å². The first-order valence-electron chi connectivity index (χ1n) is 7.72. The first kappa shape index (κ1) is 16.3. The molecule has 0 bridgehead atoms. The highest BCUT2D eigenvalue weighted by molar-refractivity contribution is 7.13. The molecule has 7 nitrogen and oxygen atoms in total. The molecule has 3 aromatic heterocycles. The van der Waals surface area contributed by atoms with Crippen molar-refractivity contribution in [1.29, 1.82) is 0 Å². The molecule has 3 heterocycles. The van der Waals surface area contributed by atoms with E-state index in [1.807, 2.05) is 12.3 Å². The molecule has 3 aromatic rings. The number of nitrogens with zero attached hydrogens (tertiary/aromatic N) is 4. The van der Waals surface area contributed by atoms with Crippen molar-refractivity contribution in [2.24, 2.45) is 0 Å². The van der Waals surface area contributed by atoms with Crippen LogP contribution in [-0.2, 0) is 12.8 Å². The Morgan fingerprint density at radius 2 is 2.12 bits per heavy atom. The molecule has 0 spiro atoms. The monoisotopic (exact) mass is 343 g/mol. The van der Waals surface area contributed by atoms with E-state index < -0.39 is 0 Å². The topological polar surface area (TPSA) is 93.8 Å². The summed E-state index contributed by atoms with van der Waals surface area (Å²) < 4.78 is 5.11. The van der Waals surface area contributed by atoms with Gasteiger partial charge in [-0.15, -0.1) is 11.3 Å². The summed E-state index contributed by atoms with van der Waals surface area (Å²) in [7, 11) is 0. The van der Waals surface area contributed by atoms with E-state index in [9.17, 15) is 4.79 Å². The van der Waals surface area contributed by atoms with Gasteiger partial charge in [-0.05, 0) is 12.5 Å². The van der Waals surface area contributed by atoms with Gasteiger partial charge in [-0.25, -0.2) is 15.0 Å². The Morgan fingerprint density at radius 1 is 1.29 bits per heavy atom. The predicted octanol–water partition coefficient (Wildman–Crippen LogP) is 2.51. The van der Waals surface area contributed by atoms with Crippen molar-refractivity contribution in [3.63, 3.8) is 0 Å². The second-order valence-electron chi connectivity index (χ2n) is 5.15. The number of amides is 1. The van der Waals surface area contributed by atoms with Crippen LogP contribution in [0, 0.1) is 0 Å². The highest BCUT2D eigenvalue weighted by Crippen LogP contribution is 2.19. The summed E-state index contributed by atoms with van der Waals surface area (Å²) in [6, 6.07) is 3.45. The van der Waals surface area contributed by atoms with Crippen LogP contribution in [0.1, 0.15) is 35.3 Å². The molecule has 0 saturated carbocycles. The third-order valence-corrected chi connectivity index (χ3v) is 4.15. The van der Waals surface area contributed by atoms with Crippen molar-refractivity contribution in [1.82, 2.24) is 25.4 Å². The number of hydrogen-bond donors (Lipinski definition) is 1. The normalized spacial score (nSPS) is 10.7. The zero-order valence-corrected chi connectivity index (χ0v) is 14.0. The molecule has 0 saturated heterocycles. The molecular formula is C16H17N5O2S. The van der Waals surface area contributed by atoms with Crippen LogP contribution < -0.4 is 5.32 Å². The fourth-order valence-electron chi connectivity index (χ4n) is 2.11. The van der Waals surface area contributed by atoms with E-state index in [0.717, 1.165) is 29.3 Å². The lowest BCUT2D eigenvalue weighted by Crippen LogP contribution is -2.26. The summed E-state index contributed by atoms with van der Waals surface area (Å²) >= 11 is 1.49. The van der Waals surface area contributed by atoms with Gasteiger partial charge in [-0.1, -0.05) is 12.1 Å². The second kappa shape index (κ2) is 7.78. The molecule has 0 aromatic carbocycles. The van der Waals surface area contributed by atoms with Crippen LogP contribution >= 0.6 is 11.3 Å². The first-order chi connectivity index (χ1) is 11.8. The van der Waals surface area contributed by atoms with E-state index in [1.54, 1.807) is 24.5 Å². The Bertz CT molecular complexity index is 800. The number of aromatic nitrogens is 4. The maximum absolute atomic E-state index is 12.0. The second-order valence-corrected chi connectivity index (χ2v) is 6.01. The molecule has 24 heavy (non-hydrogen) atoms. The molecule has 0 atom stereocenters. The van der Waals surface area contributed by atoms with Crippen LogP contribution in [-0.4, -0.2) is 32.6 Å². The number of rotatable bonds is 7. The van der Waals surface area contributed by atoms with Crippen LogP contribution in [0.2, 0.25) is 0 Å². The van der Waals surface area contributed by atoms with E-state index in [-0.39, 0.29) is 5.91 Å². The Balaban J connectivity index is 1.51. The molecule has 0 fully saturated rings. The van der Waals surface area contributed by atoms with Crippen LogP contribution in [0.25, 0.3) is 10.8 Å². The number of aryl methyl sites for hydroxylation is 1. The average Bonchev–Trinajstić information content (AvgIpc) is 3.26. The standard InChI is InChI=1S/C16H17N5O2S/c1-2-4-12-9-13(21-23-12)15(22)19-8-5-11-10-24-16(20-11)14-17-6-3-7-18-14/h3,6-7,9-10H,2,4-5,8H2,1H3,(H,19,22). The van der Waals surface area contributed by atoms with E-state index in [1.165, 1.54) is 11.3 Å². The fraction of sp³-hybridized carbons (Fsp3) is 0.312. The minimum Gasteiger partial charge on any atom is -0.361 e. The van der Waals surface area contributed by atoms with Gasteiger partial charge in [0, 0.05) is 43.2 Å². The van der Waals surface area contributed by atoms with Crippen LogP contribution in [0.4, 0.5) is 0 Å². The molecule has 8 heteroatoms. The molecule has 1 N–H and O–H groups in total. The lowest BCUT2D eigenvalue weighted by atomic mass is 10.2. The number of nitrogens with one attached hydrogen (secondary N) is 1. The smallest absolute Gasteiger partial charge is 0.273 e. The SMILES string of the molecule is CCCc1cc(C(=O)NCCc2csc(-c3ncccn3)n2)no1. The first-order valence-corrected chi connectivity index (χ1v) is 8.60. The largest absolute Gasteiger partial charge is 0.361 e. The zero-order chi connectivity index (χ0) is 16.8. The van der Waals surface area contributed by atoms with Gasteiger partial charge in [0.1, 0.15) is 5.76 Å². The minimum atomic E-state index is -0.233. The minimum absolute atomic E-state index is 0.233. The summed E-state index contributed by atoms with van der Waals surface area (Å²) in [6.07, 6.45) is 5.74. The maximum Gasteiger partial charge on any atom is 0.273 e. The van der Waals surface area contributed by atoms with Crippen molar-refractivity contribution in [2.75, 3.05) is 6.54 Å². The Kier molecular flexibility index (Phi) is 5.27. The number of thiazole rings is 1. The lowest BCUT2D eigenvalue weighted by Gasteiger charge is -2.00. The molecule has 0 radical (unpaired) electrons. The molecule has 124 valence electrons. The molecule has 0 aliphatic carbocycles. The molecule has 3 rings (SSSR count). The molecule has 0 unspecified atom stereocenters. The fourth-order valence-corrected chi connectivity index (χ4v) is 2.91. The van der Waals surface area contributed by atoms with E-state index >= 15 is 0 Å². The Hall–Kier alpha value is -2.61. The van der Waals surface area contributed by atoms with Gasteiger partial charge in [-0.2, -0.15) is 0 Å². The molecule has 0 aliphatic rings. The maximum atomic E-state index is 12.0. The summed E-state index contributed by atoms with van der Waals surface area (Å²) in [6.45, 7) is 2.53. The third kappa shape index (κ3) is 4.02. The summed E-state index contributed by atoms with van der Waals surface area (Å²) in [5, 5.41) is 9.34. The van der Waals surface area contributed by atoms with Gasteiger partial charge in [0.25, 0.3) is 5.91 Å². The highest BCUT2D eigenvalue weighted by atomic mass is 32.1. The Morgan fingerprint density at radius 3 is 2.92 bits per heavy atom. The summed E-state index contributed by atoms with van der Waals surface area (Å²) in [4.78, 5) is 24.8. The highest BCUT2D eigenvalue weighted by Gasteiger charge is 2.12. The zero-order valence-electron chi connectivity index (χ0n) is 13.2. The van der Waals surface area contributed by atoms with Crippen LogP contribution in [0.5, 0.6) is 0 Å². The molecule has 0 aliphatic heterocycles. The Labute approximate surface area is 143 Å². The summed E-state index contributed by atoms with van der Waals surface area (Å²) in [5.74, 6) is 1.11. The van der Waals surface area contributed by atoms with Gasteiger partial charge >= 0.3 is 0 Å². The lowest BCUT2D eigenvalue weighted by molar-refractivity contribution is 0.0945. The van der Waals surface area contributed by atoms with Crippen molar-refractivity contribution >= 4 is 17.2 Å². The number of carbonyl (C=O) groups excluding carboxylic acids is 1. The number of hydrogen-bond acceptors (Lipinski definition) is 7. The third-order valence-electron chi connectivity index (χ3n) is 3.26. The predicted molar refractivity (Wildman–Crippen MR) is 89.7 cm³/mol. The van der Waals surface area contributed by atoms with Crippen LogP contribution in [0.3, 0.4) is 0 Å². The van der Waals surface area contributed by atoms with E-state index in [0.29, 0.717) is 24.5 Å². The van der Waals surface area contributed by atoms with Crippen molar-refractivity contribution in [2.45, 2.75) is 26.2 Å². The number of carbonyl (C=O) groups is 1. The quantitative estimate of drug-likeness (QED) is 0.708. The van der Waals surface area contributed by atoms with Gasteiger partial charge < -0.3 is 9.84 Å². The van der Waals surface area contributed by atoms with Crippen molar-refractivity contribution in [3.05, 3.63) is 47.1 Å². The van der Waals surface area contributed by atoms with Gasteiger partial charge in [-0.3, -0.25) is 4.79 Å². The van der Waals surface area contributed by atoms with E-state index in [2.05, 4.69) is 25.4 Å².